The standard InChI is InChI=1S/C12H12BrNOS2/c13-8-3-10(16-5-8)9-6-17-11(14-9)4-12(7-15)1-2-12/h3,5-6,15H,1-2,4,7H2. The molecular weight excluding hydrogens is 318 g/mol. The number of aliphatic hydroxyl groups excluding tert-OH is 1. The number of thiophene rings is 1. The number of thiazole rings is 1. The molecule has 0 bridgehead atoms. The van der Waals surface area contributed by atoms with Crippen LogP contribution in [0.1, 0.15) is 17.8 Å². The van der Waals surface area contributed by atoms with Gasteiger partial charge in [-0.2, -0.15) is 0 Å². The van der Waals surface area contributed by atoms with Gasteiger partial charge in [0.25, 0.3) is 0 Å². The molecule has 0 amide bonds. The summed E-state index contributed by atoms with van der Waals surface area (Å²) in [4.78, 5) is 5.87. The van der Waals surface area contributed by atoms with E-state index in [1.54, 1.807) is 22.7 Å². The maximum atomic E-state index is 9.32. The molecule has 17 heavy (non-hydrogen) atoms. The Morgan fingerprint density at radius 1 is 1.35 bits per heavy atom. The molecule has 2 heterocycles. The Morgan fingerprint density at radius 3 is 2.76 bits per heavy atom. The topological polar surface area (TPSA) is 33.1 Å². The molecule has 2 aromatic heterocycles. The summed E-state index contributed by atoms with van der Waals surface area (Å²) < 4.78 is 1.11. The minimum Gasteiger partial charge on any atom is -0.396 e. The van der Waals surface area contributed by atoms with E-state index in [0.717, 1.165) is 34.4 Å². The number of rotatable bonds is 4. The zero-order chi connectivity index (χ0) is 11.9. The second kappa shape index (κ2) is 4.46. The van der Waals surface area contributed by atoms with Gasteiger partial charge < -0.3 is 5.11 Å². The average molecular weight is 330 g/mol. The predicted octanol–water partition coefficient (Wildman–Crippen LogP) is 3.95. The summed E-state index contributed by atoms with van der Waals surface area (Å²) >= 11 is 6.87. The molecule has 1 saturated carbocycles. The van der Waals surface area contributed by atoms with Gasteiger partial charge in [-0.15, -0.1) is 22.7 Å². The number of hydrogen-bond acceptors (Lipinski definition) is 4. The molecule has 0 radical (unpaired) electrons. The summed E-state index contributed by atoms with van der Waals surface area (Å²) in [6.45, 7) is 0.298. The molecular formula is C12H12BrNOS2. The van der Waals surface area contributed by atoms with Crippen LogP contribution in [-0.4, -0.2) is 16.7 Å². The highest BCUT2D eigenvalue weighted by Gasteiger charge is 2.42. The van der Waals surface area contributed by atoms with Gasteiger partial charge in [-0.05, 0) is 40.3 Å². The van der Waals surface area contributed by atoms with Gasteiger partial charge in [0.05, 0.1) is 15.6 Å². The van der Waals surface area contributed by atoms with Gasteiger partial charge in [0, 0.05) is 28.3 Å². The third-order valence-electron chi connectivity index (χ3n) is 3.19. The highest BCUT2D eigenvalue weighted by atomic mass is 79.9. The fraction of sp³-hybridized carbons (Fsp3) is 0.417. The third kappa shape index (κ3) is 2.47. The molecule has 3 rings (SSSR count). The van der Waals surface area contributed by atoms with Crippen molar-refractivity contribution < 1.29 is 5.11 Å². The van der Waals surface area contributed by atoms with E-state index in [2.05, 4.69) is 37.7 Å². The normalized spacial score (nSPS) is 17.3. The fourth-order valence-corrected chi connectivity index (χ4v) is 4.27. The van der Waals surface area contributed by atoms with Gasteiger partial charge in [0.15, 0.2) is 0 Å². The van der Waals surface area contributed by atoms with Gasteiger partial charge in [0.1, 0.15) is 0 Å². The largest absolute Gasteiger partial charge is 0.396 e. The van der Waals surface area contributed by atoms with Crippen molar-refractivity contribution in [1.29, 1.82) is 0 Å². The van der Waals surface area contributed by atoms with Gasteiger partial charge in [-0.25, -0.2) is 4.98 Å². The quantitative estimate of drug-likeness (QED) is 0.921. The van der Waals surface area contributed by atoms with Crippen LogP contribution < -0.4 is 0 Å². The van der Waals surface area contributed by atoms with E-state index >= 15 is 0 Å². The molecule has 1 N–H and O–H groups in total. The molecule has 0 atom stereocenters. The van der Waals surface area contributed by atoms with Gasteiger partial charge in [-0.3, -0.25) is 0 Å². The van der Waals surface area contributed by atoms with E-state index in [1.807, 2.05) is 0 Å². The molecule has 0 aromatic carbocycles. The number of aromatic nitrogens is 1. The van der Waals surface area contributed by atoms with Crippen LogP contribution >= 0.6 is 38.6 Å². The molecule has 1 aliphatic carbocycles. The first-order valence-corrected chi connectivity index (χ1v) is 8.06. The van der Waals surface area contributed by atoms with Crippen LogP contribution in [0.5, 0.6) is 0 Å². The van der Waals surface area contributed by atoms with Gasteiger partial charge in [0.2, 0.25) is 0 Å². The number of nitrogens with zero attached hydrogens (tertiary/aromatic N) is 1. The van der Waals surface area contributed by atoms with Crippen molar-refractivity contribution in [2.75, 3.05) is 6.61 Å². The van der Waals surface area contributed by atoms with Crippen LogP contribution in [0, 0.1) is 5.41 Å². The van der Waals surface area contributed by atoms with E-state index < -0.39 is 0 Å². The molecule has 2 nitrogen and oxygen atoms in total. The first-order valence-electron chi connectivity index (χ1n) is 5.50. The van der Waals surface area contributed by atoms with Crippen molar-refractivity contribution in [2.45, 2.75) is 19.3 Å². The lowest BCUT2D eigenvalue weighted by Gasteiger charge is -2.07. The van der Waals surface area contributed by atoms with Crippen molar-refractivity contribution in [1.82, 2.24) is 4.98 Å². The second-order valence-corrected chi connectivity index (χ2v) is 7.36. The van der Waals surface area contributed by atoms with E-state index in [9.17, 15) is 5.11 Å². The van der Waals surface area contributed by atoms with Crippen molar-refractivity contribution >= 4 is 38.6 Å². The maximum absolute atomic E-state index is 9.32. The lowest BCUT2D eigenvalue weighted by molar-refractivity contribution is 0.211. The van der Waals surface area contributed by atoms with E-state index in [1.165, 1.54) is 4.88 Å². The van der Waals surface area contributed by atoms with Crippen LogP contribution in [0.25, 0.3) is 10.6 Å². The minimum atomic E-state index is 0.158. The van der Waals surface area contributed by atoms with Crippen molar-refractivity contribution in [3.05, 3.63) is 26.3 Å². The first kappa shape index (κ1) is 11.8. The lowest BCUT2D eigenvalue weighted by Crippen LogP contribution is -2.09. The SMILES string of the molecule is OCC1(Cc2nc(-c3cc(Br)cs3)cs2)CC1. The molecule has 0 saturated heterocycles. The van der Waals surface area contributed by atoms with E-state index in [-0.39, 0.29) is 5.41 Å². The predicted molar refractivity (Wildman–Crippen MR) is 75.6 cm³/mol. The molecule has 0 unspecified atom stereocenters. The van der Waals surface area contributed by atoms with E-state index in [4.69, 9.17) is 0 Å². The zero-order valence-electron chi connectivity index (χ0n) is 9.15. The van der Waals surface area contributed by atoms with Crippen LogP contribution in [0.4, 0.5) is 0 Å². The van der Waals surface area contributed by atoms with E-state index in [0.29, 0.717) is 6.61 Å². The smallest absolute Gasteiger partial charge is 0.0939 e. The molecule has 2 aromatic rings. The van der Waals surface area contributed by atoms with Crippen LogP contribution in [0.3, 0.4) is 0 Å². The Balaban J connectivity index is 1.79. The maximum Gasteiger partial charge on any atom is 0.0939 e. The number of halogens is 1. The fourth-order valence-electron chi connectivity index (χ4n) is 1.84. The van der Waals surface area contributed by atoms with Crippen molar-refractivity contribution in [3.63, 3.8) is 0 Å². The highest BCUT2D eigenvalue weighted by molar-refractivity contribution is 9.10. The zero-order valence-corrected chi connectivity index (χ0v) is 12.4. The summed E-state index contributed by atoms with van der Waals surface area (Å²) in [6.07, 6.45) is 3.21. The Bertz CT molecular complexity index is 530. The van der Waals surface area contributed by atoms with Gasteiger partial charge in [-0.1, -0.05) is 0 Å². The Hall–Kier alpha value is -0.230. The first-order chi connectivity index (χ1) is 8.21. The van der Waals surface area contributed by atoms with Crippen LogP contribution in [0.15, 0.2) is 21.3 Å². The number of hydrogen-bond donors (Lipinski definition) is 1. The molecule has 0 aliphatic heterocycles. The summed E-state index contributed by atoms with van der Waals surface area (Å²) in [5, 5.41) is 14.7. The van der Waals surface area contributed by atoms with Crippen LogP contribution in [-0.2, 0) is 6.42 Å². The molecule has 90 valence electrons. The Kier molecular flexibility index (Phi) is 3.11. The molecule has 1 fully saturated rings. The molecule has 1 aliphatic rings. The minimum absolute atomic E-state index is 0.158. The van der Waals surface area contributed by atoms with Gasteiger partial charge >= 0.3 is 0 Å². The average Bonchev–Trinajstić information content (AvgIpc) is 2.73. The van der Waals surface area contributed by atoms with Crippen molar-refractivity contribution in [2.24, 2.45) is 5.41 Å². The Labute approximate surface area is 116 Å². The second-order valence-electron chi connectivity index (χ2n) is 4.59. The van der Waals surface area contributed by atoms with Crippen molar-refractivity contribution in [3.8, 4) is 10.6 Å². The third-order valence-corrected chi connectivity index (χ3v) is 5.75. The summed E-state index contributed by atoms with van der Waals surface area (Å²) in [7, 11) is 0. The molecule has 0 spiro atoms. The molecule has 5 heteroatoms. The summed E-state index contributed by atoms with van der Waals surface area (Å²) in [6, 6.07) is 2.10. The lowest BCUT2D eigenvalue weighted by atomic mass is 10.1. The monoisotopic (exact) mass is 329 g/mol. The summed E-state index contributed by atoms with van der Waals surface area (Å²) in [5.41, 5.74) is 1.22. The number of aliphatic hydroxyl groups is 1. The highest BCUT2D eigenvalue weighted by Crippen LogP contribution is 2.48. The Morgan fingerprint density at radius 2 is 2.18 bits per heavy atom. The summed E-state index contributed by atoms with van der Waals surface area (Å²) in [5.74, 6) is 0. The van der Waals surface area contributed by atoms with Crippen LogP contribution in [0.2, 0.25) is 0 Å².